The second-order valence-electron chi connectivity index (χ2n) is 5.84. The van der Waals surface area contributed by atoms with Crippen LogP contribution in [-0.4, -0.2) is 51.9 Å². The van der Waals surface area contributed by atoms with Crippen molar-refractivity contribution >= 4 is 15.9 Å². The van der Waals surface area contributed by atoms with Crippen LogP contribution in [0.1, 0.15) is 37.6 Å². The Morgan fingerprint density at radius 3 is 2.73 bits per heavy atom. The third kappa shape index (κ3) is 2.89. The van der Waals surface area contributed by atoms with E-state index in [0.29, 0.717) is 26.1 Å². The van der Waals surface area contributed by atoms with Gasteiger partial charge in [0, 0.05) is 26.1 Å². The highest BCUT2D eigenvalue weighted by Gasteiger charge is 2.28. The number of hydrogen-bond donors (Lipinski definition) is 0. The number of fused-ring (bicyclic) bond motifs is 1. The van der Waals surface area contributed by atoms with Gasteiger partial charge in [0.1, 0.15) is 0 Å². The van der Waals surface area contributed by atoms with Crippen molar-refractivity contribution in [3.05, 3.63) is 17.7 Å². The fraction of sp³-hybridized carbons (Fsp3) is 0.714. The first-order valence-electron chi connectivity index (χ1n) is 7.79. The molecule has 1 amide bonds. The van der Waals surface area contributed by atoms with Gasteiger partial charge in [-0.3, -0.25) is 4.79 Å². The lowest BCUT2D eigenvalue weighted by atomic mass is 10.3. The number of amides is 1. The van der Waals surface area contributed by atoms with Gasteiger partial charge in [0.15, 0.2) is 0 Å². The van der Waals surface area contributed by atoms with Gasteiger partial charge in [0.25, 0.3) is 0 Å². The largest absolute Gasteiger partial charge is 0.337 e. The van der Waals surface area contributed by atoms with Crippen molar-refractivity contribution in [2.24, 2.45) is 0 Å². The van der Waals surface area contributed by atoms with Crippen LogP contribution < -0.4 is 0 Å². The van der Waals surface area contributed by atoms with Crippen LogP contribution in [0.25, 0.3) is 0 Å². The molecular weight excluding hydrogens is 304 g/mol. The average molecular weight is 326 g/mol. The second kappa shape index (κ2) is 6.00. The van der Waals surface area contributed by atoms with E-state index in [2.05, 4.69) is 4.98 Å². The highest BCUT2D eigenvalue weighted by atomic mass is 32.2. The minimum Gasteiger partial charge on any atom is -0.337 e. The molecule has 1 saturated heterocycles. The summed E-state index contributed by atoms with van der Waals surface area (Å²) in [5.41, 5.74) is 1.75. The van der Waals surface area contributed by atoms with Gasteiger partial charge < -0.3 is 9.47 Å². The molecule has 0 saturated carbocycles. The zero-order valence-electron chi connectivity index (χ0n) is 12.9. The average Bonchev–Trinajstić information content (AvgIpc) is 2.99. The van der Waals surface area contributed by atoms with Gasteiger partial charge in [-0.15, -0.1) is 0 Å². The first-order valence-corrected chi connectivity index (χ1v) is 9.40. The van der Waals surface area contributed by atoms with E-state index in [1.165, 1.54) is 0 Å². The number of nitrogens with zero attached hydrogens (tertiary/aromatic N) is 4. The molecule has 122 valence electrons. The maximum Gasteiger partial charge on any atom is 0.222 e. The number of likely N-dealkylation sites (tertiary alicyclic amines) is 1. The Labute approximate surface area is 131 Å². The molecule has 0 unspecified atom stereocenters. The monoisotopic (exact) mass is 326 g/mol. The molecule has 22 heavy (non-hydrogen) atoms. The molecule has 3 heterocycles. The Morgan fingerprint density at radius 1 is 1.23 bits per heavy atom. The van der Waals surface area contributed by atoms with Gasteiger partial charge in [0.05, 0.1) is 36.6 Å². The van der Waals surface area contributed by atoms with E-state index < -0.39 is 10.0 Å². The summed E-state index contributed by atoms with van der Waals surface area (Å²) in [5.74, 6) is 0.273. The number of sulfonamides is 1. The molecule has 0 bridgehead atoms. The molecule has 0 spiro atoms. The standard InChI is InChI=1S/C14H22N4O3S/c1-2-22(20,21)18-8-4-7-17-11-15-12(13(17)10-18)9-16-6-3-5-14(16)19/h11H,2-10H2,1H3. The van der Waals surface area contributed by atoms with Crippen LogP contribution in [0.2, 0.25) is 0 Å². The van der Waals surface area contributed by atoms with Crippen molar-refractivity contribution in [3.63, 3.8) is 0 Å². The number of aromatic nitrogens is 2. The summed E-state index contributed by atoms with van der Waals surface area (Å²) < 4.78 is 27.9. The number of aryl methyl sites for hydroxylation is 1. The van der Waals surface area contributed by atoms with Crippen LogP contribution in [0, 0.1) is 0 Å². The Bertz CT molecular complexity index is 668. The molecule has 0 aliphatic carbocycles. The fourth-order valence-electron chi connectivity index (χ4n) is 3.09. The summed E-state index contributed by atoms with van der Waals surface area (Å²) >= 11 is 0. The van der Waals surface area contributed by atoms with E-state index in [-0.39, 0.29) is 11.7 Å². The van der Waals surface area contributed by atoms with Gasteiger partial charge in [-0.2, -0.15) is 4.31 Å². The first kappa shape index (κ1) is 15.5. The van der Waals surface area contributed by atoms with Crippen LogP contribution in [0.15, 0.2) is 6.33 Å². The zero-order chi connectivity index (χ0) is 15.7. The lowest BCUT2D eigenvalue weighted by Crippen LogP contribution is -2.32. The van der Waals surface area contributed by atoms with E-state index in [1.54, 1.807) is 17.6 Å². The van der Waals surface area contributed by atoms with Crippen LogP contribution >= 0.6 is 0 Å². The van der Waals surface area contributed by atoms with E-state index in [4.69, 9.17) is 0 Å². The third-order valence-corrected chi connectivity index (χ3v) is 6.26. The second-order valence-corrected chi connectivity index (χ2v) is 8.10. The lowest BCUT2D eigenvalue weighted by molar-refractivity contribution is -0.128. The maximum atomic E-state index is 12.2. The highest BCUT2D eigenvalue weighted by Crippen LogP contribution is 2.21. The summed E-state index contributed by atoms with van der Waals surface area (Å²) in [6.07, 6.45) is 4.05. The topological polar surface area (TPSA) is 75.5 Å². The van der Waals surface area contributed by atoms with Crippen LogP contribution in [0.5, 0.6) is 0 Å². The van der Waals surface area contributed by atoms with Crippen molar-refractivity contribution in [1.82, 2.24) is 18.8 Å². The minimum atomic E-state index is -3.21. The highest BCUT2D eigenvalue weighted by molar-refractivity contribution is 7.89. The molecule has 7 nitrogen and oxygen atoms in total. The van der Waals surface area contributed by atoms with Crippen LogP contribution in [0.3, 0.4) is 0 Å². The summed E-state index contributed by atoms with van der Waals surface area (Å²) in [6, 6.07) is 0. The molecule has 0 atom stereocenters. The number of imidazole rings is 1. The van der Waals surface area contributed by atoms with Gasteiger partial charge in [0.2, 0.25) is 15.9 Å². The summed E-state index contributed by atoms with van der Waals surface area (Å²) in [4.78, 5) is 18.0. The number of carbonyl (C=O) groups excluding carboxylic acids is 1. The van der Waals surface area contributed by atoms with Crippen molar-refractivity contribution in [3.8, 4) is 0 Å². The normalized spacial score (nSPS) is 20.2. The molecule has 1 fully saturated rings. The lowest BCUT2D eigenvalue weighted by Gasteiger charge is -2.20. The van der Waals surface area contributed by atoms with Gasteiger partial charge in [-0.1, -0.05) is 0 Å². The Kier molecular flexibility index (Phi) is 4.22. The van der Waals surface area contributed by atoms with E-state index >= 15 is 0 Å². The van der Waals surface area contributed by atoms with E-state index in [9.17, 15) is 13.2 Å². The molecule has 1 aromatic heterocycles. The Hall–Kier alpha value is -1.41. The van der Waals surface area contributed by atoms with Crippen molar-refractivity contribution < 1.29 is 13.2 Å². The molecule has 0 radical (unpaired) electrons. The molecule has 8 heteroatoms. The summed E-state index contributed by atoms with van der Waals surface area (Å²) in [5, 5.41) is 0. The smallest absolute Gasteiger partial charge is 0.222 e. The van der Waals surface area contributed by atoms with Crippen LogP contribution in [-0.2, 0) is 34.5 Å². The van der Waals surface area contributed by atoms with Gasteiger partial charge in [-0.05, 0) is 19.8 Å². The Morgan fingerprint density at radius 2 is 2.05 bits per heavy atom. The molecule has 2 aliphatic rings. The molecule has 0 aromatic carbocycles. The van der Waals surface area contributed by atoms with Crippen molar-refractivity contribution in [1.29, 1.82) is 0 Å². The fourth-order valence-corrected chi connectivity index (χ4v) is 4.18. The van der Waals surface area contributed by atoms with Crippen LogP contribution in [0.4, 0.5) is 0 Å². The number of carbonyl (C=O) groups is 1. The maximum absolute atomic E-state index is 12.2. The van der Waals surface area contributed by atoms with Gasteiger partial charge in [-0.25, -0.2) is 13.4 Å². The predicted octanol–water partition coefficient (Wildman–Crippen LogP) is 0.561. The predicted molar refractivity (Wildman–Crippen MR) is 81.4 cm³/mol. The zero-order valence-corrected chi connectivity index (χ0v) is 13.7. The summed E-state index contributed by atoms with van der Waals surface area (Å²) in [6.45, 7) is 4.59. The molecular formula is C14H22N4O3S. The molecule has 3 rings (SSSR count). The van der Waals surface area contributed by atoms with Crippen molar-refractivity contribution in [2.45, 2.75) is 45.8 Å². The molecule has 1 aromatic rings. The summed E-state index contributed by atoms with van der Waals surface area (Å²) in [7, 11) is -3.21. The number of rotatable bonds is 4. The van der Waals surface area contributed by atoms with Gasteiger partial charge >= 0.3 is 0 Å². The minimum absolute atomic E-state index is 0.112. The number of hydrogen-bond acceptors (Lipinski definition) is 4. The van der Waals surface area contributed by atoms with Crippen molar-refractivity contribution in [2.75, 3.05) is 18.8 Å². The first-order chi connectivity index (χ1) is 10.5. The SMILES string of the molecule is CCS(=O)(=O)N1CCCn2cnc(CN3CCCC3=O)c2C1. The van der Waals surface area contributed by atoms with E-state index in [0.717, 1.165) is 37.3 Å². The molecule has 2 aliphatic heterocycles. The third-order valence-electron chi connectivity index (χ3n) is 4.44. The Balaban J connectivity index is 1.84. The van der Waals surface area contributed by atoms with E-state index in [1.807, 2.05) is 9.47 Å². The molecule has 0 N–H and O–H groups in total. The quantitative estimate of drug-likeness (QED) is 0.810.